The first-order chi connectivity index (χ1) is 8.22. The van der Waals surface area contributed by atoms with E-state index in [-0.39, 0.29) is 5.91 Å². The van der Waals surface area contributed by atoms with E-state index >= 15 is 0 Å². The average Bonchev–Trinajstić information content (AvgIpc) is 2.67. The quantitative estimate of drug-likeness (QED) is 0.825. The summed E-state index contributed by atoms with van der Waals surface area (Å²) in [5.41, 5.74) is 2.43. The largest absolute Gasteiger partial charge is 0.358 e. The summed E-state index contributed by atoms with van der Waals surface area (Å²) >= 11 is 0. The number of hydrogen-bond donors (Lipinski definition) is 2. The molecule has 2 N–H and O–H groups in total. The van der Waals surface area contributed by atoms with Gasteiger partial charge in [-0.2, -0.15) is 0 Å². The highest BCUT2D eigenvalue weighted by molar-refractivity contribution is 5.84. The van der Waals surface area contributed by atoms with Gasteiger partial charge in [-0.15, -0.1) is 0 Å². The van der Waals surface area contributed by atoms with Gasteiger partial charge in [0.1, 0.15) is 0 Å². The molecule has 0 fully saturated rings. The second-order valence-electron chi connectivity index (χ2n) is 4.06. The summed E-state index contributed by atoms with van der Waals surface area (Å²) in [7, 11) is 3.67. The van der Waals surface area contributed by atoms with Crippen molar-refractivity contribution in [1.82, 2.24) is 15.2 Å². The van der Waals surface area contributed by atoms with E-state index in [2.05, 4.69) is 33.5 Å². The van der Waals surface area contributed by atoms with E-state index in [1.807, 2.05) is 19.2 Å². The molecule has 0 atom stereocenters. The molecule has 0 aliphatic rings. The smallest absolute Gasteiger partial charge is 0.233 e. The van der Waals surface area contributed by atoms with Crippen molar-refractivity contribution < 1.29 is 4.79 Å². The molecule has 0 spiro atoms. The van der Waals surface area contributed by atoms with Gasteiger partial charge in [0.15, 0.2) is 0 Å². The van der Waals surface area contributed by atoms with Crippen LogP contribution in [0.2, 0.25) is 0 Å². The van der Waals surface area contributed by atoms with E-state index in [1.165, 1.54) is 16.5 Å². The highest BCUT2D eigenvalue weighted by Gasteiger charge is 2.05. The van der Waals surface area contributed by atoms with Crippen LogP contribution in [-0.4, -0.2) is 24.1 Å². The summed E-state index contributed by atoms with van der Waals surface area (Å²) in [5, 5.41) is 6.96. The van der Waals surface area contributed by atoms with E-state index in [4.69, 9.17) is 0 Å². The number of hydrogen-bond acceptors (Lipinski definition) is 2. The number of benzene rings is 1. The van der Waals surface area contributed by atoms with Crippen LogP contribution in [0.4, 0.5) is 0 Å². The Kier molecular flexibility index (Phi) is 3.44. The molecular formula is C13H17N3O. The Labute approximate surface area is 101 Å². The van der Waals surface area contributed by atoms with Crippen LogP contribution in [0.25, 0.3) is 10.9 Å². The molecule has 0 aliphatic heterocycles. The Morgan fingerprint density at radius 2 is 2.12 bits per heavy atom. The van der Waals surface area contributed by atoms with Crippen molar-refractivity contribution in [3.05, 3.63) is 36.0 Å². The zero-order chi connectivity index (χ0) is 12.3. The summed E-state index contributed by atoms with van der Waals surface area (Å²) in [6.07, 6.45) is 2.10. The Morgan fingerprint density at radius 1 is 1.35 bits per heavy atom. The molecule has 0 unspecified atom stereocenters. The number of carbonyl (C=O) groups is 1. The molecule has 17 heavy (non-hydrogen) atoms. The topological polar surface area (TPSA) is 46.1 Å². The van der Waals surface area contributed by atoms with Gasteiger partial charge in [-0.3, -0.25) is 4.79 Å². The number of carbonyl (C=O) groups excluding carboxylic acids is 1. The third-order valence-corrected chi connectivity index (χ3v) is 2.86. The summed E-state index contributed by atoms with van der Waals surface area (Å²) in [6, 6.07) is 8.26. The number of rotatable bonds is 4. The zero-order valence-corrected chi connectivity index (χ0v) is 10.2. The monoisotopic (exact) mass is 231 g/mol. The fraction of sp³-hybridized carbons (Fsp3) is 0.308. The molecule has 0 radical (unpaired) electrons. The van der Waals surface area contributed by atoms with Gasteiger partial charge in [-0.25, -0.2) is 0 Å². The van der Waals surface area contributed by atoms with Crippen LogP contribution in [-0.2, 0) is 18.4 Å². The van der Waals surface area contributed by atoms with Crippen molar-refractivity contribution in [1.29, 1.82) is 0 Å². The molecule has 1 amide bonds. The second kappa shape index (κ2) is 5.01. The molecule has 0 saturated carbocycles. The normalized spacial score (nSPS) is 10.7. The van der Waals surface area contributed by atoms with E-state index in [1.54, 1.807) is 7.05 Å². The number of fused-ring (bicyclic) bond motifs is 1. The first kappa shape index (κ1) is 11.7. The maximum Gasteiger partial charge on any atom is 0.233 e. The molecule has 2 aromatic rings. The van der Waals surface area contributed by atoms with Gasteiger partial charge in [0.05, 0.1) is 6.54 Å². The van der Waals surface area contributed by atoms with Crippen molar-refractivity contribution in [2.24, 2.45) is 7.05 Å². The molecule has 1 heterocycles. The summed E-state index contributed by atoms with van der Waals surface area (Å²) in [5.74, 6) is 0.00485. The van der Waals surface area contributed by atoms with Crippen molar-refractivity contribution in [3.63, 3.8) is 0 Å². The van der Waals surface area contributed by atoms with Gasteiger partial charge in [0, 0.05) is 37.7 Å². The van der Waals surface area contributed by atoms with Crippen LogP contribution in [0.5, 0.6) is 0 Å². The number of aromatic nitrogens is 1. The van der Waals surface area contributed by atoms with Gasteiger partial charge in [0.25, 0.3) is 0 Å². The maximum atomic E-state index is 11.1. The molecule has 2 rings (SSSR count). The second-order valence-corrected chi connectivity index (χ2v) is 4.06. The van der Waals surface area contributed by atoms with E-state index < -0.39 is 0 Å². The van der Waals surface area contributed by atoms with Crippen LogP contribution >= 0.6 is 0 Å². The zero-order valence-electron chi connectivity index (χ0n) is 10.2. The molecular weight excluding hydrogens is 214 g/mol. The number of para-hydroxylation sites is 1. The standard InChI is InChI=1S/C13H17N3O/c1-14-13(17)8-15-7-10-9-16(2)12-6-4-3-5-11(10)12/h3-6,9,15H,7-8H2,1-2H3,(H,14,17). The van der Waals surface area contributed by atoms with Crippen molar-refractivity contribution in [2.45, 2.75) is 6.54 Å². The van der Waals surface area contributed by atoms with E-state index in [0.717, 1.165) is 0 Å². The minimum absolute atomic E-state index is 0.00485. The maximum absolute atomic E-state index is 11.1. The summed E-state index contributed by atoms with van der Waals surface area (Å²) < 4.78 is 2.10. The average molecular weight is 231 g/mol. The van der Waals surface area contributed by atoms with Crippen LogP contribution in [0.15, 0.2) is 30.5 Å². The third-order valence-electron chi connectivity index (χ3n) is 2.86. The van der Waals surface area contributed by atoms with Crippen LogP contribution < -0.4 is 10.6 Å². The minimum Gasteiger partial charge on any atom is -0.358 e. The van der Waals surface area contributed by atoms with Crippen LogP contribution in [0.1, 0.15) is 5.56 Å². The number of nitrogens with zero attached hydrogens (tertiary/aromatic N) is 1. The lowest BCUT2D eigenvalue weighted by Gasteiger charge is -2.02. The summed E-state index contributed by atoms with van der Waals surface area (Å²) in [4.78, 5) is 11.1. The van der Waals surface area contributed by atoms with Crippen molar-refractivity contribution >= 4 is 16.8 Å². The van der Waals surface area contributed by atoms with Gasteiger partial charge >= 0.3 is 0 Å². The molecule has 1 aromatic heterocycles. The molecule has 4 nitrogen and oxygen atoms in total. The predicted molar refractivity (Wildman–Crippen MR) is 68.7 cm³/mol. The van der Waals surface area contributed by atoms with Crippen molar-refractivity contribution in [3.8, 4) is 0 Å². The third kappa shape index (κ3) is 2.47. The van der Waals surface area contributed by atoms with Gasteiger partial charge in [-0.1, -0.05) is 18.2 Å². The predicted octanol–water partition coefficient (Wildman–Crippen LogP) is 1.01. The van der Waals surface area contributed by atoms with E-state index in [9.17, 15) is 4.79 Å². The Balaban J connectivity index is 2.11. The van der Waals surface area contributed by atoms with Gasteiger partial charge in [0.2, 0.25) is 5.91 Å². The molecule has 0 aliphatic carbocycles. The highest BCUT2D eigenvalue weighted by Crippen LogP contribution is 2.19. The van der Waals surface area contributed by atoms with Gasteiger partial charge in [-0.05, 0) is 11.6 Å². The Bertz CT molecular complexity index is 530. The molecule has 4 heteroatoms. The summed E-state index contributed by atoms with van der Waals surface area (Å²) in [6.45, 7) is 1.05. The number of nitrogens with one attached hydrogen (secondary N) is 2. The Morgan fingerprint density at radius 3 is 2.88 bits per heavy atom. The lowest BCUT2D eigenvalue weighted by molar-refractivity contribution is -0.119. The lowest BCUT2D eigenvalue weighted by atomic mass is 10.2. The van der Waals surface area contributed by atoms with Crippen molar-refractivity contribution in [2.75, 3.05) is 13.6 Å². The lowest BCUT2D eigenvalue weighted by Crippen LogP contribution is -2.30. The molecule has 1 aromatic carbocycles. The highest BCUT2D eigenvalue weighted by atomic mass is 16.1. The fourth-order valence-electron chi connectivity index (χ4n) is 1.97. The minimum atomic E-state index is 0.00485. The first-order valence-corrected chi connectivity index (χ1v) is 5.66. The molecule has 90 valence electrons. The first-order valence-electron chi connectivity index (χ1n) is 5.66. The Hall–Kier alpha value is -1.81. The van der Waals surface area contributed by atoms with Crippen LogP contribution in [0.3, 0.4) is 0 Å². The number of aryl methyl sites for hydroxylation is 1. The SMILES string of the molecule is CNC(=O)CNCc1cn(C)c2ccccc12. The molecule has 0 saturated heterocycles. The fourth-order valence-corrected chi connectivity index (χ4v) is 1.97. The van der Waals surface area contributed by atoms with E-state index in [0.29, 0.717) is 13.1 Å². The van der Waals surface area contributed by atoms with Gasteiger partial charge < -0.3 is 15.2 Å². The molecule has 0 bridgehead atoms. The number of likely N-dealkylation sites (N-methyl/N-ethyl adjacent to an activating group) is 1. The number of amides is 1. The van der Waals surface area contributed by atoms with Crippen LogP contribution in [0, 0.1) is 0 Å².